The molecule has 1 amide bonds. The van der Waals surface area contributed by atoms with E-state index in [4.69, 9.17) is 9.15 Å². The van der Waals surface area contributed by atoms with Gasteiger partial charge >= 0.3 is 6.09 Å². The highest BCUT2D eigenvalue weighted by Gasteiger charge is 2.26. The minimum atomic E-state index is -0.667. The van der Waals surface area contributed by atoms with Gasteiger partial charge in [0, 0.05) is 20.2 Å². The van der Waals surface area contributed by atoms with Crippen molar-refractivity contribution in [3.8, 4) is 0 Å². The third-order valence-electron chi connectivity index (χ3n) is 3.39. The standard InChI is InChI=1S/C17H18N6O3/c1-18-14-20-15(19-2)22-16(21-14)23(13-9-6-10-25-13)17(24)26-11-12-7-4-3-5-8-12/h3-10H,11H2,1-2H3,(H2,18,19,20,21,22). The van der Waals surface area contributed by atoms with Crippen LogP contribution in [0.3, 0.4) is 0 Å². The van der Waals surface area contributed by atoms with E-state index in [-0.39, 0.29) is 18.4 Å². The molecule has 0 saturated heterocycles. The number of nitrogens with one attached hydrogen (secondary N) is 2. The first-order chi connectivity index (χ1) is 12.7. The van der Waals surface area contributed by atoms with Gasteiger partial charge in [0.05, 0.1) is 6.26 Å². The minimum absolute atomic E-state index is 0.0710. The fraction of sp³-hybridized carbons (Fsp3) is 0.176. The van der Waals surface area contributed by atoms with Crippen LogP contribution in [0.25, 0.3) is 0 Å². The number of carbonyl (C=O) groups is 1. The number of furan rings is 1. The lowest BCUT2D eigenvalue weighted by atomic mass is 10.2. The van der Waals surface area contributed by atoms with E-state index in [1.165, 1.54) is 6.26 Å². The van der Waals surface area contributed by atoms with Crippen molar-refractivity contribution < 1.29 is 13.9 Å². The van der Waals surface area contributed by atoms with Crippen molar-refractivity contribution in [2.75, 3.05) is 29.6 Å². The Labute approximate surface area is 150 Å². The van der Waals surface area contributed by atoms with E-state index in [9.17, 15) is 4.79 Å². The van der Waals surface area contributed by atoms with Crippen molar-refractivity contribution in [3.05, 3.63) is 54.3 Å². The quantitative estimate of drug-likeness (QED) is 0.696. The Bertz CT molecular complexity index is 832. The predicted molar refractivity (Wildman–Crippen MR) is 96.4 cm³/mol. The number of carbonyl (C=O) groups excluding carboxylic acids is 1. The maximum atomic E-state index is 12.7. The second-order valence-corrected chi connectivity index (χ2v) is 5.11. The van der Waals surface area contributed by atoms with Gasteiger partial charge < -0.3 is 19.8 Å². The molecule has 0 fully saturated rings. The number of ether oxygens (including phenoxy) is 1. The first-order valence-corrected chi connectivity index (χ1v) is 7.87. The van der Waals surface area contributed by atoms with Crippen LogP contribution in [0.2, 0.25) is 0 Å². The minimum Gasteiger partial charge on any atom is -0.448 e. The number of anilines is 4. The lowest BCUT2D eigenvalue weighted by Crippen LogP contribution is -2.28. The van der Waals surface area contributed by atoms with Crippen molar-refractivity contribution in [2.24, 2.45) is 0 Å². The summed E-state index contributed by atoms with van der Waals surface area (Å²) in [4.78, 5) is 26.4. The first kappa shape index (κ1) is 17.2. The van der Waals surface area contributed by atoms with Gasteiger partial charge in [-0.3, -0.25) is 0 Å². The molecule has 2 heterocycles. The molecular formula is C17H18N6O3. The molecule has 26 heavy (non-hydrogen) atoms. The Balaban J connectivity index is 1.90. The molecule has 3 rings (SSSR count). The number of aromatic nitrogens is 3. The van der Waals surface area contributed by atoms with Gasteiger partial charge in [-0.1, -0.05) is 30.3 Å². The second-order valence-electron chi connectivity index (χ2n) is 5.11. The van der Waals surface area contributed by atoms with Gasteiger partial charge in [-0.2, -0.15) is 19.9 Å². The van der Waals surface area contributed by atoms with Crippen molar-refractivity contribution in [3.63, 3.8) is 0 Å². The fourth-order valence-electron chi connectivity index (χ4n) is 2.14. The van der Waals surface area contributed by atoms with Crippen LogP contribution in [0.1, 0.15) is 5.56 Å². The summed E-state index contributed by atoms with van der Waals surface area (Å²) < 4.78 is 10.8. The molecule has 2 N–H and O–H groups in total. The lowest BCUT2D eigenvalue weighted by molar-refractivity contribution is 0.148. The van der Waals surface area contributed by atoms with Crippen LogP contribution < -0.4 is 15.5 Å². The second kappa shape index (κ2) is 7.97. The molecule has 0 aliphatic carbocycles. The number of hydrogen-bond donors (Lipinski definition) is 2. The van der Waals surface area contributed by atoms with Gasteiger partial charge in [0.1, 0.15) is 6.61 Å². The average molecular weight is 354 g/mol. The molecule has 0 aliphatic heterocycles. The number of rotatable bonds is 6. The molecule has 9 heteroatoms. The zero-order valence-corrected chi connectivity index (χ0v) is 14.3. The summed E-state index contributed by atoms with van der Waals surface area (Å²) in [7, 11) is 3.34. The molecule has 0 spiro atoms. The molecular weight excluding hydrogens is 336 g/mol. The van der Waals surface area contributed by atoms with Crippen LogP contribution in [0, 0.1) is 0 Å². The van der Waals surface area contributed by atoms with Crippen LogP contribution in [0.5, 0.6) is 0 Å². The van der Waals surface area contributed by atoms with Gasteiger partial charge in [-0.25, -0.2) is 4.79 Å². The summed E-state index contributed by atoms with van der Waals surface area (Å²) in [5, 5.41) is 5.65. The maximum absolute atomic E-state index is 12.7. The van der Waals surface area contributed by atoms with E-state index in [1.807, 2.05) is 30.3 Å². The van der Waals surface area contributed by atoms with E-state index < -0.39 is 6.09 Å². The maximum Gasteiger partial charge on any atom is 0.424 e. The molecule has 9 nitrogen and oxygen atoms in total. The Morgan fingerprint density at radius 3 is 2.31 bits per heavy atom. The molecule has 1 aromatic carbocycles. The molecule has 3 aromatic rings. The van der Waals surface area contributed by atoms with Crippen molar-refractivity contribution >= 4 is 29.8 Å². The monoisotopic (exact) mass is 354 g/mol. The zero-order chi connectivity index (χ0) is 18.4. The summed E-state index contributed by atoms with van der Waals surface area (Å²) in [6, 6.07) is 12.6. The molecule has 2 aromatic heterocycles. The van der Waals surface area contributed by atoms with E-state index in [0.717, 1.165) is 10.5 Å². The average Bonchev–Trinajstić information content (AvgIpc) is 3.21. The Hall–Kier alpha value is -3.62. The molecule has 134 valence electrons. The zero-order valence-electron chi connectivity index (χ0n) is 14.3. The number of hydrogen-bond acceptors (Lipinski definition) is 8. The highest BCUT2D eigenvalue weighted by molar-refractivity contribution is 5.92. The molecule has 0 bridgehead atoms. The normalized spacial score (nSPS) is 10.2. The molecule has 0 atom stereocenters. The summed E-state index contributed by atoms with van der Waals surface area (Å²) in [6.45, 7) is 0.111. The smallest absolute Gasteiger partial charge is 0.424 e. The van der Waals surface area contributed by atoms with Gasteiger partial charge in [-0.05, 0) is 11.6 Å². The third kappa shape index (κ3) is 3.89. The van der Waals surface area contributed by atoms with Crippen molar-refractivity contribution in [1.82, 2.24) is 15.0 Å². The molecule has 0 saturated carbocycles. The predicted octanol–water partition coefficient (Wildman–Crippen LogP) is 3.02. The van der Waals surface area contributed by atoms with Gasteiger partial charge in [-0.15, -0.1) is 0 Å². The Morgan fingerprint density at radius 1 is 1.04 bits per heavy atom. The summed E-state index contributed by atoms with van der Waals surface area (Å²) in [5.41, 5.74) is 0.864. The van der Waals surface area contributed by atoms with Crippen molar-refractivity contribution in [2.45, 2.75) is 6.61 Å². The van der Waals surface area contributed by atoms with E-state index in [0.29, 0.717) is 11.9 Å². The molecule has 0 aliphatic rings. The lowest BCUT2D eigenvalue weighted by Gasteiger charge is -2.18. The van der Waals surface area contributed by atoms with Crippen molar-refractivity contribution in [1.29, 1.82) is 0 Å². The first-order valence-electron chi connectivity index (χ1n) is 7.87. The Kier molecular flexibility index (Phi) is 5.28. The van der Waals surface area contributed by atoms with Gasteiger partial charge in [0.15, 0.2) is 0 Å². The van der Waals surface area contributed by atoms with Gasteiger partial charge in [0.2, 0.25) is 23.7 Å². The number of amides is 1. The van der Waals surface area contributed by atoms with Gasteiger partial charge in [0.25, 0.3) is 0 Å². The van der Waals surface area contributed by atoms with E-state index in [2.05, 4.69) is 25.6 Å². The van der Waals surface area contributed by atoms with E-state index in [1.54, 1.807) is 26.2 Å². The van der Waals surface area contributed by atoms with Crippen LogP contribution >= 0.6 is 0 Å². The SMILES string of the molecule is CNc1nc(NC)nc(N(C(=O)OCc2ccccc2)c2ccco2)n1. The molecule has 0 radical (unpaired) electrons. The van der Waals surface area contributed by atoms with Crippen LogP contribution in [-0.2, 0) is 11.3 Å². The van der Waals surface area contributed by atoms with Crippen LogP contribution in [0.4, 0.5) is 28.5 Å². The van der Waals surface area contributed by atoms with Crippen LogP contribution in [0.15, 0.2) is 53.1 Å². The highest BCUT2D eigenvalue weighted by Crippen LogP contribution is 2.25. The highest BCUT2D eigenvalue weighted by atomic mass is 16.6. The number of nitrogens with zero attached hydrogens (tertiary/aromatic N) is 4. The largest absolute Gasteiger partial charge is 0.448 e. The third-order valence-corrected chi connectivity index (χ3v) is 3.39. The summed E-state index contributed by atoms with van der Waals surface area (Å²) in [5.74, 6) is 0.901. The van der Waals surface area contributed by atoms with E-state index >= 15 is 0 Å². The number of benzene rings is 1. The fourth-order valence-corrected chi connectivity index (χ4v) is 2.14. The Morgan fingerprint density at radius 2 is 1.73 bits per heavy atom. The molecule has 0 unspecified atom stereocenters. The summed E-state index contributed by atoms with van der Waals surface area (Å²) in [6.07, 6.45) is 0.783. The summed E-state index contributed by atoms with van der Waals surface area (Å²) >= 11 is 0. The topological polar surface area (TPSA) is 105 Å². The van der Waals surface area contributed by atoms with Crippen LogP contribution in [-0.4, -0.2) is 35.1 Å².